The molecule has 0 N–H and O–H groups in total. The van der Waals surface area contributed by atoms with Crippen LogP contribution in [0, 0.1) is 13.8 Å². The molecule has 0 saturated heterocycles. The predicted octanol–water partition coefficient (Wildman–Crippen LogP) is 12.6. The van der Waals surface area contributed by atoms with Gasteiger partial charge in [0.1, 0.15) is 0 Å². The van der Waals surface area contributed by atoms with Crippen LogP contribution >= 0.6 is 0 Å². The summed E-state index contributed by atoms with van der Waals surface area (Å²) in [6, 6.07) is 59.7. The minimum atomic E-state index is 1.14. The molecule has 0 radical (unpaired) electrons. The normalized spacial score (nSPS) is 11.3. The second-order valence-corrected chi connectivity index (χ2v) is 12.0. The van der Waals surface area contributed by atoms with Crippen LogP contribution in [0.4, 0.5) is 17.1 Å². The van der Waals surface area contributed by atoms with Crippen molar-refractivity contribution in [2.75, 3.05) is 4.90 Å². The van der Waals surface area contributed by atoms with Crippen molar-refractivity contribution in [1.82, 2.24) is 0 Å². The van der Waals surface area contributed by atoms with Gasteiger partial charge >= 0.3 is 0 Å². The maximum Gasteiger partial charge on any atom is 0.0466 e. The molecule has 8 aromatic carbocycles. The van der Waals surface area contributed by atoms with E-state index in [2.05, 4.69) is 183 Å². The van der Waals surface area contributed by atoms with Crippen LogP contribution in [0.5, 0.6) is 0 Å². The molecule has 0 heterocycles. The molecule has 0 saturated carbocycles. The Bertz CT molecular complexity index is 2300. The summed E-state index contributed by atoms with van der Waals surface area (Å²) < 4.78 is 0. The van der Waals surface area contributed by atoms with E-state index in [4.69, 9.17) is 0 Å². The summed E-state index contributed by atoms with van der Waals surface area (Å²) in [5.41, 5.74) is 10.9. The molecule has 0 unspecified atom stereocenters. The van der Waals surface area contributed by atoms with Crippen molar-refractivity contribution >= 4 is 49.4 Å². The van der Waals surface area contributed by atoms with E-state index in [1.165, 1.54) is 71.4 Å². The number of hydrogen-bond acceptors (Lipinski definition) is 1. The molecule has 0 spiro atoms. The molecule has 0 aliphatic rings. The van der Waals surface area contributed by atoms with E-state index < -0.39 is 0 Å². The summed E-state index contributed by atoms with van der Waals surface area (Å²) >= 11 is 0. The molecule has 0 amide bonds. The van der Waals surface area contributed by atoms with E-state index in [1.807, 2.05) is 0 Å². The molecule has 1 nitrogen and oxygen atoms in total. The number of hydrogen-bond donors (Lipinski definition) is 0. The molecule has 1 heteroatoms. The molecule has 0 fully saturated rings. The van der Waals surface area contributed by atoms with Crippen molar-refractivity contribution in [3.05, 3.63) is 175 Å². The van der Waals surface area contributed by atoms with Crippen LogP contribution in [0.2, 0.25) is 0 Å². The van der Waals surface area contributed by atoms with Gasteiger partial charge in [-0.15, -0.1) is 0 Å². The summed E-state index contributed by atoms with van der Waals surface area (Å²) in [5.74, 6) is 0. The summed E-state index contributed by atoms with van der Waals surface area (Å²) in [5, 5.41) is 7.69. The molecule has 8 rings (SSSR count). The third-order valence-corrected chi connectivity index (χ3v) is 8.86. The van der Waals surface area contributed by atoms with Gasteiger partial charge in [0.05, 0.1) is 0 Å². The van der Waals surface area contributed by atoms with Gasteiger partial charge in [-0.3, -0.25) is 0 Å². The van der Waals surface area contributed by atoms with Gasteiger partial charge in [-0.1, -0.05) is 115 Å². The van der Waals surface area contributed by atoms with Crippen LogP contribution in [-0.4, -0.2) is 0 Å². The van der Waals surface area contributed by atoms with Crippen molar-refractivity contribution in [2.24, 2.45) is 0 Å². The van der Waals surface area contributed by atoms with Crippen LogP contribution in [0.25, 0.3) is 54.6 Å². The monoisotopic (exact) mass is 575 g/mol. The van der Waals surface area contributed by atoms with Gasteiger partial charge in [0.2, 0.25) is 0 Å². The number of nitrogens with zero attached hydrogens (tertiary/aromatic N) is 1. The van der Waals surface area contributed by atoms with Gasteiger partial charge in [-0.25, -0.2) is 0 Å². The largest absolute Gasteiger partial charge is 0.310 e. The number of para-hydroxylation sites is 1. The molecule has 0 aliphatic heterocycles. The molecule has 45 heavy (non-hydrogen) atoms. The zero-order valence-corrected chi connectivity index (χ0v) is 25.5. The quantitative estimate of drug-likeness (QED) is 0.185. The van der Waals surface area contributed by atoms with Crippen LogP contribution in [-0.2, 0) is 0 Å². The van der Waals surface area contributed by atoms with E-state index in [1.54, 1.807) is 0 Å². The van der Waals surface area contributed by atoms with Crippen molar-refractivity contribution in [1.29, 1.82) is 0 Å². The molecule has 0 atom stereocenters. The van der Waals surface area contributed by atoms with E-state index in [9.17, 15) is 0 Å². The minimum Gasteiger partial charge on any atom is -0.310 e. The number of anilines is 3. The SMILES string of the molecule is Cc1cc(C)cc(N(c2ccccc2)c2ccc(-c3cc4cc(-c5ccccc5)c5ccccc5c4c4ccccc34)cc2)c1. The standard InChI is InChI=1S/C44H33N/c1-30-25-31(2)27-37(26-30)45(35-15-7-4-8-16-35)36-23-21-33(22-24-36)43-29-34-28-42(32-13-5-3-6-14-32)38-17-9-11-19-40(38)44(34)41-20-12-10-18-39(41)43/h3-29H,1-2H3. The molecule has 214 valence electrons. The van der Waals surface area contributed by atoms with Gasteiger partial charge in [-0.2, -0.15) is 0 Å². The van der Waals surface area contributed by atoms with E-state index >= 15 is 0 Å². The number of aryl methyl sites for hydroxylation is 2. The highest BCUT2D eigenvalue weighted by Crippen LogP contribution is 2.43. The third kappa shape index (κ3) is 4.83. The molecule has 0 aliphatic carbocycles. The molecule has 0 aromatic heterocycles. The Labute approximate surface area is 264 Å². The number of rotatable bonds is 5. The van der Waals surface area contributed by atoms with Crippen molar-refractivity contribution in [3.8, 4) is 22.3 Å². The van der Waals surface area contributed by atoms with E-state index in [0.717, 1.165) is 11.4 Å². The maximum atomic E-state index is 2.39. The Kier molecular flexibility index (Phi) is 6.65. The lowest BCUT2D eigenvalue weighted by molar-refractivity contribution is 1.25. The number of benzene rings is 8. The average Bonchev–Trinajstić information content (AvgIpc) is 3.08. The molecular weight excluding hydrogens is 542 g/mol. The van der Waals surface area contributed by atoms with Crippen LogP contribution < -0.4 is 4.90 Å². The fourth-order valence-electron chi connectivity index (χ4n) is 6.97. The Morgan fingerprint density at radius 1 is 0.356 bits per heavy atom. The number of fused-ring (bicyclic) bond motifs is 5. The van der Waals surface area contributed by atoms with Crippen LogP contribution in [0.1, 0.15) is 11.1 Å². The van der Waals surface area contributed by atoms with Crippen LogP contribution in [0.3, 0.4) is 0 Å². The van der Waals surface area contributed by atoms with E-state index in [-0.39, 0.29) is 0 Å². The average molecular weight is 576 g/mol. The maximum absolute atomic E-state index is 2.39. The summed E-state index contributed by atoms with van der Waals surface area (Å²) in [4.78, 5) is 2.35. The Hall–Kier alpha value is -5.66. The zero-order valence-electron chi connectivity index (χ0n) is 25.5. The lowest BCUT2D eigenvalue weighted by Crippen LogP contribution is -2.10. The lowest BCUT2D eigenvalue weighted by atomic mass is 9.87. The predicted molar refractivity (Wildman–Crippen MR) is 194 cm³/mol. The first kappa shape index (κ1) is 26.9. The first-order valence-electron chi connectivity index (χ1n) is 15.6. The third-order valence-electron chi connectivity index (χ3n) is 8.86. The summed E-state index contributed by atoms with van der Waals surface area (Å²) in [6.45, 7) is 4.33. The van der Waals surface area contributed by atoms with Gasteiger partial charge in [0.25, 0.3) is 0 Å². The van der Waals surface area contributed by atoms with Crippen LogP contribution in [0.15, 0.2) is 164 Å². The lowest BCUT2D eigenvalue weighted by Gasteiger charge is -2.26. The first-order chi connectivity index (χ1) is 22.1. The van der Waals surface area contributed by atoms with Crippen molar-refractivity contribution in [3.63, 3.8) is 0 Å². The summed E-state index contributed by atoms with van der Waals surface area (Å²) in [7, 11) is 0. The Balaban J connectivity index is 1.32. The highest BCUT2D eigenvalue weighted by atomic mass is 15.1. The van der Waals surface area contributed by atoms with Gasteiger partial charge in [0.15, 0.2) is 0 Å². The topological polar surface area (TPSA) is 3.24 Å². The van der Waals surface area contributed by atoms with Gasteiger partial charge in [0, 0.05) is 17.1 Å². The fourth-order valence-corrected chi connectivity index (χ4v) is 6.97. The second-order valence-electron chi connectivity index (χ2n) is 12.0. The first-order valence-corrected chi connectivity index (χ1v) is 15.6. The zero-order chi connectivity index (χ0) is 30.3. The minimum absolute atomic E-state index is 1.14. The second kappa shape index (κ2) is 11.1. The fraction of sp³-hybridized carbons (Fsp3) is 0.0455. The molecular formula is C44H33N. The van der Waals surface area contributed by atoms with Crippen molar-refractivity contribution in [2.45, 2.75) is 13.8 Å². The Morgan fingerprint density at radius 2 is 0.800 bits per heavy atom. The molecule has 8 aromatic rings. The summed E-state index contributed by atoms with van der Waals surface area (Å²) in [6.07, 6.45) is 0. The highest BCUT2D eigenvalue weighted by molar-refractivity contribution is 6.25. The van der Waals surface area contributed by atoms with Gasteiger partial charge < -0.3 is 4.90 Å². The molecule has 0 bridgehead atoms. The smallest absolute Gasteiger partial charge is 0.0466 e. The van der Waals surface area contributed by atoms with E-state index in [0.29, 0.717) is 0 Å². The van der Waals surface area contributed by atoms with Gasteiger partial charge in [-0.05, 0) is 128 Å². The Morgan fingerprint density at radius 3 is 1.36 bits per heavy atom. The van der Waals surface area contributed by atoms with Crippen molar-refractivity contribution < 1.29 is 0 Å². The highest BCUT2D eigenvalue weighted by Gasteiger charge is 2.16.